The molecule has 1 fully saturated rings. The predicted molar refractivity (Wildman–Crippen MR) is 54.2 cm³/mol. The van der Waals surface area contributed by atoms with Crippen molar-refractivity contribution in [1.82, 2.24) is 5.32 Å². The standard InChI is InChI=1S/C11H15NO.H2/c1-8(13)12-5-4-9-2-3-10-7-11(10)6-9;/h2-3,6,10-11H,4-5,7H2,1H3,(H,12,13);1H. The summed E-state index contributed by atoms with van der Waals surface area (Å²) in [4.78, 5) is 10.6. The third kappa shape index (κ3) is 2.20. The lowest BCUT2D eigenvalue weighted by atomic mass is 10.0. The third-order valence-corrected chi connectivity index (χ3v) is 2.66. The van der Waals surface area contributed by atoms with Crippen LogP contribution in [0.3, 0.4) is 0 Å². The van der Waals surface area contributed by atoms with Crippen LogP contribution in [-0.4, -0.2) is 12.5 Å². The molecule has 72 valence electrons. The van der Waals surface area contributed by atoms with E-state index in [2.05, 4.69) is 23.5 Å². The maximum absolute atomic E-state index is 10.6. The number of amides is 1. The molecule has 0 aliphatic heterocycles. The molecule has 1 N–H and O–H groups in total. The van der Waals surface area contributed by atoms with Gasteiger partial charge in [-0.25, -0.2) is 0 Å². The molecule has 1 saturated carbocycles. The molecule has 0 heterocycles. The molecule has 2 heteroatoms. The lowest BCUT2D eigenvalue weighted by molar-refractivity contribution is -0.118. The summed E-state index contributed by atoms with van der Waals surface area (Å²) in [6, 6.07) is 0. The van der Waals surface area contributed by atoms with Gasteiger partial charge in [-0.3, -0.25) is 4.79 Å². The molecule has 0 aromatic heterocycles. The van der Waals surface area contributed by atoms with Crippen LogP contribution < -0.4 is 5.32 Å². The quantitative estimate of drug-likeness (QED) is 0.704. The SMILES string of the molecule is CC(=O)NCCC1=CC2CC2C=C1.[HH]. The summed E-state index contributed by atoms with van der Waals surface area (Å²) >= 11 is 0. The van der Waals surface area contributed by atoms with E-state index in [0.29, 0.717) is 0 Å². The van der Waals surface area contributed by atoms with E-state index in [1.54, 1.807) is 6.92 Å². The van der Waals surface area contributed by atoms with Crippen LogP contribution in [0, 0.1) is 11.8 Å². The Morgan fingerprint density at radius 3 is 3.23 bits per heavy atom. The highest BCUT2D eigenvalue weighted by atomic mass is 16.1. The molecule has 1 amide bonds. The first-order valence-corrected chi connectivity index (χ1v) is 4.89. The number of hydrogen-bond acceptors (Lipinski definition) is 1. The monoisotopic (exact) mass is 179 g/mol. The van der Waals surface area contributed by atoms with Crippen LogP contribution in [0.2, 0.25) is 0 Å². The van der Waals surface area contributed by atoms with Crippen molar-refractivity contribution in [2.75, 3.05) is 6.54 Å². The summed E-state index contributed by atoms with van der Waals surface area (Å²) in [5.74, 6) is 1.71. The van der Waals surface area contributed by atoms with E-state index in [1.807, 2.05) is 0 Å². The Balaban J connectivity index is 0.000000980. The molecule has 0 spiro atoms. The van der Waals surface area contributed by atoms with Crippen LogP contribution in [-0.2, 0) is 4.79 Å². The highest BCUT2D eigenvalue weighted by Crippen LogP contribution is 2.44. The van der Waals surface area contributed by atoms with Crippen molar-refractivity contribution in [3.05, 3.63) is 23.8 Å². The second-order valence-electron chi connectivity index (χ2n) is 3.90. The molecule has 2 aliphatic carbocycles. The molecule has 0 radical (unpaired) electrons. The van der Waals surface area contributed by atoms with Gasteiger partial charge in [0.1, 0.15) is 0 Å². The number of carbonyl (C=O) groups excluding carboxylic acids is 1. The molecule has 2 atom stereocenters. The van der Waals surface area contributed by atoms with E-state index in [0.717, 1.165) is 24.8 Å². The average Bonchev–Trinajstić information content (AvgIpc) is 2.81. The Kier molecular flexibility index (Phi) is 2.21. The molecule has 2 rings (SSSR count). The van der Waals surface area contributed by atoms with Crippen molar-refractivity contribution in [1.29, 1.82) is 0 Å². The van der Waals surface area contributed by atoms with Crippen molar-refractivity contribution in [2.45, 2.75) is 19.8 Å². The average molecular weight is 179 g/mol. The van der Waals surface area contributed by atoms with E-state index in [9.17, 15) is 4.79 Å². The normalized spacial score (nSPS) is 29.2. The van der Waals surface area contributed by atoms with Gasteiger partial charge in [0.15, 0.2) is 0 Å². The molecule has 0 bridgehead atoms. The molecule has 0 saturated heterocycles. The minimum atomic E-state index is 0. The first kappa shape index (κ1) is 8.54. The van der Waals surface area contributed by atoms with Gasteiger partial charge in [-0.15, -0.1) is 0 Å². The van der Waals surface area contributed by atoms with E-state index in [-0.39, 0.29) is 7.33 Å². The van der Waals surface area contributed by atoms with Crippen LogP contribution in [0.25, 0.3) is 0 Å². The van der Waals surface area contributed by atoms with Crippen molar-refractivity contribution < 1.29 is 6.22 Å². The van der Waals surface area contributed by atoms with E-state index < -0.39 is 0 Å². The number of fused-ring (bicyclic) bond motifs is 1. The fourth-order valence-electron chi connectivity index (χ4n) is 1.78. The van der Waals surface area contributed by atoms with Crippen molar-refractivity contribution in [2.24, 2.45) is 11.8 Å². The van der Waals surface area contributed by atoms with Gasteiger partial charge in [0.25, 0.3) is 0 Å². The van der Waals surface area contributed by atoms with Gasteiger partial charge in [-0.2, -0.15) is 0 Å². The van der Waals surface area contributed by atoms with Crippen LogP contribution in [0.15, 0.2) is 23.8 Å². The fourth-order valence-corrected chi connectivity index (χ4v) is 1.78. The maximum atomic E-state index is 10.6. The number of rotatable bonds is 3. The van der Waals surface area contributed by atoms with Crippen molar-refractivity contribution in [3.8, 4) is 0 Å². The first-order chi connectivity index (χ1) is 6.25. The molecule has 13 heavy (non-hydrogen) atoms. The van der Waals surface area contributed by atoms with Gasteiger partial charge in [0, 0.05) is 14.9 Å². The molecule has 0 aromatic rings. The molecule has 2 aliphatic rings. The highest BCUT2D eigenvalue weighted by Gasteiger charge is 2.34. The Morgan fingerprint density at radius 1 is 1.69 bits per heavy atom. The predicted octanol–water partition coefficient (Wildman–Crippen LogP) is 1.89. The largest absolute Gasteiger partial charge is 0.356 e. The molecule has 2 nitrogen and oxygen atoms in total. The van der Waals surface area contributed by atoms with E-state index in [4.69, 9.17) is 0 Å². The summed E-state index contributed by atoms with van der Waals surface area (Å²) in [6.45, 7) is 2.32. The Morgan fingerprint density at radius 2 is 2.54 bits per heavy atom. The fraction of sp³-hybridized carbons (Fsp3) is 0.545. The Labute approximate surface area is 80.2 Å². The van der Waals surface area contributed by atoms with E-state index in [1.165, 1.54) is 12.0 Å². The first-order valence-electron chi connectivity index (χ1n) is 4.89. The summed E-state index contributed by atoms with van der Waals surface area (Å²) < 4.78 is 0. The van der Waals surface area contributed by atoms with Crippen molar-refractivity contribution >= 4 is 5.91 Å². The Hall–Kier alpha value is -1.05. The van der Waals surface area contributed by atoms with Gasteiger partial charge in [-0.1, -0.05) is 23.8 Å². The minimum absolute atomic E-state index is 0. The number of nitrogens with one attached hydrogen (secondary N) is 1. The summed E-state index contributed by atoms with van der Waals surface area (Å²) in [6.07, 6.45) is 9.16. The lowest BCUT2D eigenvalue weighted by Crippen LogP contribution is -2.21. The topological polar surface area (TPSA) is 29.1 Å². The summed E-state index contributed by atoms with van der Waals surface area (Å²) in [7, 11) is 0. The number of hydrogen-bond donors (Lipinski definition) is 1. The zero-order valence-electron chi connectivity index (χ0n) is 7.92. The zero-order chi connectivity index (χ0) is 9.26. The Bertz CT molecular complexity index is 283. The van der Waals surface area contributed by atoms with Gasteiger partial charge in [-0.05, 0) is 24.7 Å². The second kappa shape index (κ2) is 3.36. The van der Waals surface area contributed by atoms with Gasteiger partial charge in [0.2, 0.25) is 5.91 Å². The van der Waals surface area contributed by atoms with Gasteiger partial charge in [0.05, 0.1) is 0 Å². The molecule has 0 aromatic carbocycles. The zero-order valence-corrected chi connectivity index (χ0v) is 7.92. The van der Waals surface area contributed by atoms with Gasteiger partial charge < -0.3 is 5.32 Å². The number of allylic oxidation sites excluding steroid dienone is 3. The minimum Gasteiger partial charge on any atom is -0.356 e. The number of carbonyl (C=O) groups is 1. The van der Waals surface area contributed by atoms with Crippen LogP contribution >= 0.6 is 0 Å². The molecular weight excluding hydrogens is 162 g/mol. The summed E-state index contributed by atoms with van der Waals surface area (Å²) in [5, 5.41) is 2.81. The third-order valence-electron chi connectivity index (χ3n) is 2.66. The maximum Gasteiger partial charge on any atom is 0.216 e. The smallest absolute Gasteiger partial charge is 0.216 e. The van der Waals surface area contributed by atoms with Gasteiger partial charge >= 0.3 is 0 Å². The molecule has 2 unspecified atom stereocenters. The van der Waals surface area contributed by atoms with Crippen molar-refractivity contribution in [3.63, 3.8) is 0 Å². The van der Waals surface area contributed by atoms with Crippen LogP contribution in [0.4, 0.5) is 0 Å². The van der Waals surface area contributed by atoms with Crippen LogP contribution in [0.5, 0.6) is 0 Å². The van der Waals surface area contributed by atoms with E-state index >= 15 is 0 Å². The second-order valence-corrected chi connectivity index (χ2v) is 3.90. The highest BCUT2D eigenvalue weighted by molar-refractivity contribution is 5.72. The lowest BCUT2D eigenvalue weighted by Gasteiger charge is -2.06. The molecular formula is C11H17NO. The van der Waals surface area contributed by atoms with Crippen LogP contribution in [0.1, 0.15) is 21.2 Å². The summed E-state index contributed by atoms with van der Waals surface area (Å²) in [5.41, 5.74) is 1.38.